The van der Waals surface area contributed by atoms with Gasteiger partial charge in [-0.2, -0.15) is 0 Å². The molecule has 0 radical (unpaired) electrons. The highest BCUT2D eigenvalue weighted by Gasteiger charge is 2.51. The van der Waals surface area contributed by atoms with E-state index in [1.54, 1.807) is 0 Å². The number of nitrogens with one attached hydrogen (secondary N) is 1. The van der Waals surface area contributed by atoms with Crippen LogP contribution >= 0.6 is 0 Å². The first-order chi connectivity index (χ1) is 15.5. The van der Waals surface area contributed by atoms with Gasteiger partial charge in [0.1, 0.15) is 48.3 Å². The highest BCUT2D eigenvalue weighted by atomic mass is 16.7. The fourth-order valence-electron chi connectivity index (χ4n) is 4.03. The summed E-state index contributed by atoms with van der Waals surface area (Å²) < 4.78 is 16.5. The van der Waals surface area contributed by atoms with Crippen molar-refractivity contribution in [2.24, 2.45) is 0 Å². The van der Waals surface area contributed by atoms with Gasteiger partial charge in [0.2, 0.25) is 0 Å². The molecule has 2 fully saturated rings. The molecule has 0 saturated carbocycles. The molecule has 0 spiro atoms. The van der Waals surface area contributed by atoms with Gasteiger partial charge in [-0.15, -0.1) is 0 Å². The van der Waals surface area contributed by atoms with Crippen molar-refractivity contribution in [2.45, 2.75) is 99.6 Å². The van der Waals surface area contributed by atoms with E-state index >= 15 is 0 Å². The van der Waals surface area contributed by atoms with Gasteiger partial charge in [-0.05, 0) is 13.3 Å². The van der Waals surface area contributed by atoms with Crippen molar-refractivity contribution in [1.82, 2.24) is 5.32 Å². The third kappa shape index (κ3) is 6.58. The van der Waals surface area contributed by atoms with E-state index in [2.05, 4.69) is 5.32 Å². The monoisotopic (exact) mass is 485 g/mol. The zero-order valence-electron chi connectivity index (χ0n) is 18.8. The van der Waals surface area contributed by atoms with Crippen LogP contribution in [0.15, 0.2) is 0 Å². The second-order valence-corrected chi connectivity index (χ2v) is 8.95. The van der Waals surface area contributed by atoms with Crippen molar-refractivity contribution >= 4 is 0 Å². The molecule has 2 rings (SSSR count). The molecule has 13 heteroatoms. The van der Waals surface area contributed by atoms with Gasteiger partial charge in [0.15, 0.2) is 6.29 Å². The minimum Gasteiger partial charge on any atom is -0.395 e. The van der Waals surface area contributed by atoms with E-state index in [0.717, 1.165) is 0 Å². The van der Waals surface area contributed by atoms with Crippen LogP contribution in [0.1, 0.15) is 26.7 Å². The Morgan fingerprint density at radius 2 is 1.73 bits per heavy atom. The minimum absolute atomic E-state index is 0.115. The Morgan fingerprint density at radius 1 is 1.06 bits per heavy atom. The Hall–Kier alpha value is -0.520. The van der Waals surface area contributed by atoms with E-state index in [1.807, 2.05) is 6.92 Å². The summed E-state index contributed by atoms with van der Waals surface area (Å²) in [5.74, 6) is 0. The molecule has 196 valence electrons. The van der Waals surface area contributed by atoms with Crippen LogP contribution in [-0.2, 0) is 14.2 Å². The lowest BCUT2D eigenvalue weighted by molar-refractivity contribution is -0.341. The van der Waals surface area contributed by atoms with E-state index < -0.39 is 86.1 Å². The first kappa shape index (κ1) is 28.7. The molecule has 13 nitrogen and oxygen atoms in total. The molecule has 0 aromatic rings. The molecule has 10 N–H and O–H groups in total. The normalized spacial score (nSPS) is 42.6. The van der Waals surface area contributed by atoms with Gasteiger partial charge in [0.05, 0.1) is 38.1 Å². The van der Waals surface area contributed by atoms with Crippen LogP contribution in [0.3, 0.4) is 0 Å². The van der Waals surface area contributed by atoms with Crippen molar-refractivity contribution in [2.75, 3.05) is 26.4 Å². The zero-order valence-corrected chi connectivity index (χ0v) is 18.8. The van der Waals surface area contributed by atoms with E-state index in [1.165, 1.54) is 6.92 Å². The molecular weight excluding hydrogens is 446 g/mol. The van der Waals surface area contributed by atoms with Crippen LogP contribution in [0.2, 0.25) is 0 Å². The predicted octanol–water partition coefficient (Wildman–Crippen LogP) is -4.85. The summed E-state index contributed by atoms with van der Waals surface area (Å²) in [6.45, 7) is 1.79. The number of ether oxygens (including phenoxy) is 3. The number of hydrogen-bond donors (Lipinski definition) is 10. The van der Waals surface area contributed by atoms with Gasteiger partial charge in [0.25, 0.3) is 0 Å². The van der Waals surface area contributed by atoms with Gasteiger partial charge in [-0.25, -0.2) is 0 Å². The van der Waals surface area contributed by atoms with Gasteiger partial charge < -0.3 is 65.5 Å². The predicted molar refractivity (Wildman–Crippen MR) is 111 cm³/mol. The summed E-state index contributed by atoms with van der Waals surface area (Å²) in [4.78, 5) is 0. The van der Waals surface area contributed by atoms with Crippen molar-refractivity contribution in [1.29, 1.82) is 0 Å². The summed E-state index contributed by atoms with van der Waals surface area (Å²) in [5.41, 5.74) is -1.39. The molecule has 2 aliphatic heterocycles. The molecule has 0 aliphatic carbocycles. The summed E-state index contributed by atoms with van der Waals surface area (Å²) in [7, 11) is 0. The maximum absolute atomic E-state index is 10.9. The van der Waals surface area contributed by atoms with Gasteiger partial charge in [-0.3, -0.25) is 0 Å². The van der Waals surface area contributed by atoms with Crippen molar-refractivity contribution in [3.63, 3.8) is 0 Å². The molecule has 0 aromatic heterocycles. The fourth-order valence-corrected chi connectivity index (χ4v) is 4.03. The van der Waals surface area contributed by atoms with Gasteiger partial charge in [-0.1, -0.05) is 13.3 Å². The first-order valence-corrected chi connectivity index (χ1v) is 11.2. The molecule has 33 heavy (non-hydrogen) atoms. The maximum atomic E-state index is 10.9. The summed E-state index contributed by atoms with van der Waals surface area (Å²) in [6.07, 6.45) is -13.4. The molecule has 0 bridgehead atoms. The van der Waals surface area contributed by atoms with Crippen LogP contribution in [-0.4, -0.2) is 145 Å². The number of aliphatic hydroxyl groups is 9. The average Bonchev–Trinajstić information content (AvgIpc) is 2.79. The second-order valence-electron chi connectivity index (χ2n) is 8.95. The summed E-state index contributed by atoms with van der Waals surface area (Å²) >= 11 is 0. The second kappa shape index (κ2) is 12.4. The lowest BCUT2D eigenvalue weighted by Gasteiger charge is -2.48. The van der Waals surface area contributed by atoms with Crippen LogP contribution in [0.4, 0.5) is 0 Å². The maximum Gasteiger partial charge on any atom is 0.187 e. The molecule has 0 aromatic carbocycles. The molecule has 1 unspecified atom stereocenters. The first-order valence-electron chi connectivity index (χ1n) is 11.2. The highest BCUT2D eigenvalue weighted by Crippen LogP contribution is 2.31. The Bertz CT molecular complexity index is 585. The Morgan fingerprint density at radius 3 is 2.30 bits per heavy atom. The van der Waals surface area contributed by atoms with Crippen LogP contribution in [0, 0.1) is 0 Å². The SMILES string of the molecule is CCC[C@@H](O)[C@@H](O)[C@H](CO)NCC1(C)OC[C@@H](O)[C@@H](O[C@H]2O[C@H](CO)[C@@H](O)[C@H](O)[C@H]2O)[C@@H]1O. The molecule has 2 heterocycles. The van der Waals surface area contributed by atoms with Crippen LogP contribution in [0.25, 0.3) is 0 Å². The molecular formula is C20H39NO12. The van der Waals surface area contributed by atoms with Gasteiger partial charge in [0, 0.05) is 6.54 Å². The van der Waals surface area contributed by atoms with Crippen molar-refractivity contribution in [3.8, 4) is 0 Å². The number of hydrogen-bond acceptors (Lipinski definition) is 13. The van der Waals surface area contributed by atoms with E-state index in [4.69, 9.17) is 14.2 Å². The van der Waals surface area contributed by atoms with Crippen molar-refractivity contribution < 1.29 is 60.2 Å². The molecule has 2 aliphatic rings. The summed E-state index contributed by atoms with van der Waals surface area (Å²) in [6, 6.07) is -0.921. The molecule has 2 saturated heterocycles. The Kier molecular flexibility index (Phi) is 10.8. The lowest BCUT2D eigenvalue weighted by atomic mass is 9.88. The largest absolute Gasteiger partial charge is 0.395 e. The third-order valence-electron chi connectivity index (χ3n) is 6.34. The molecule has 0 amide bonds. The number of rotatable bonds is 11. The van der Waals surface area contributed by atoms with Crippen LogP contribution in [0.5, 0.6) is 0 Å². The Labute approximate surface area is 192 Å². The minimum atomic E-state index is -1.72. The summed E-state index contributed by atoms with van der Waals surface area (Å²) in [5, 5.41) is 93.3. The van der Waals surface area contributed by atoms with E-state index in [-0.39, 0.29) is 13.2 Å². The Balaban J connectivity index is 2.07. The average molecular weight is 486 g/mol. The number of aliphatic hydroxyl groups excluding tert-OH is 9. The van der Waals surface area contributed by atoms with E-state index in [9.17, 15) is 46.0 Å². The lowest BCUT2D eigenvalue weighted by Crippen LogP contribution is -2.67. The topological polar surface area (TPSA) is 222 Å². The third-order valence-corrected chi connectivity index (χ3v) is 6.34. The van der Waals surface area contributed by atoms with Crippen LogP contribution < -0.4 is 5.32 Å². The fraction of sp³-hybridized carbons (Fsp3) is 1.00. The zero-order chi connectivity index (χ0) is 24.9. The molecule has 12 atom stereocenters. The van der Waals surface area contributed by atoms with Gasteiger partial charge >= 0.3 is 0 Å². The highest BCUT2D eigenvalue weighted by molar-refractivity contribution is 5.00. The van der Waals surface area contributed by atoms with E-state index in [0.29, 0.717) is 12.8 Å². The van der Waals surface area contributed by atoms with Crippen molar-refractivity contribution in [3.05, 3.63) is 0 Å². The standard InChI is InChI=1S/C20H39NO12/c1-3-4-10(24)13(26)9(5-22)21-8-20(2)18(30)17(11(25)7-31-20)33-19-16(29)15(28)14(27)12(6-23)32-19/h9-19,21-30H,3-8H2,1-2H3/t9-,10+,11+,12+,13-,14+,15-,16+,17+,18-,19+,20?/m0/s1. The smallest absolute Gasteiger partial charge is 0.187 e. The quantitative estimate of drug-likeness (QED) is 0.133.